The third kappa shape index (κ3) is 2.84. The van der Waals surface area contributed by atoms with Gasteiger partial charge in [0.1, 0.15) is 30.0 Å². The second kappa shape index (κ2) is 6.91. The Morgan fingerprint density at radius 2 is 2.42 bits per heavy atom. The van der Waals surface area contributed by atoms with E-state index in [9.17, 15) is 10.1 Å². The van der Waals surface area contributed by atoms with Crippen molar-refractivity contribution in [3.05, 3.63) is 42.3 Å². The summed E-state index contributed by atoms with van der Waals surface area (Å²) in [7, 11) is 1.79. The minimum Gasteiger partial charge on any atom is -0.386 e. The molecule has 0 spiro atoms. The average molecular weight is 323 g/mol. The van der Waals surface area contributed by atoms with Crippen LogP contribution in [0.2, 0.25) is 0 Å². The summed E-state index contributed by atoms with van der Waals surface area (Å²) in [6.07, 6.45) is 6.28. The van der Waals surface area contributed by atoms with E-state index in [0.29, 0.717) is 30.8 Å². The van der Waals surface area contributed by atoms with Crippen molar-refractivity contribution in [1.82, 2.24) is 24.6 Å². The van der Waals surface area contributed by atoms with Crippen molar-refractivity contribution < 1.29 is 4.79 Å². The molecule has 1 fully saturated rings. The van der Waals surface area contributed by atoms with Gasteiger partial charge in [0.15, 0.2) is 6.29 Å². The van der Waals surface area contributed by atoms with Gasteiger partial charge in [-0.15, -0.1) is 0 Å². The number of carbonyl (C=O) groups excluding carboxylic acids is 1. The lowest BCUT2D eigenvalue weighted by Crippen LogP contribution is -2.23. The van der Waals surface area contributed by atoms with Crippen LogP contribution < -0.4 is 5.32 Å². The number of nitrogens with zero attached hydrogens (tertiary/aromatic N) is 6. The van der Waals surface area contributed by atoms with E-state index in [2.05, 4.69) is 20.4 Å². The molecular formula is C16H17N7O. The number of carbonyl (C=O) groups is 1. The minimum atomic E-state index is 0.0736. The first kappa shape index (κ1) is 15.7. The second-order valence-electron chi connectivity index (χ2n) is 5.41. The number of likely N-dealkylation sites (tertiary alicyclic amines) is 1. The average Bonchev–Trinajstić information content (AvgIpc) is 3.30. The number of allylic oxidation sites excluding steroid dienone is 1. The molecule has 0 aromatic carbocycles. The Balaban J connectivity index is 2.00. The van der Waals surface area contributed by atoms with E-state index in [-0.39, 0.29) is 11.6 Å². The summed E-state index contributed by atoms with van der Waals surface area (Å²) in [6, 6.07) is 5.82. The molecule has 1 N–H and O–H groups in total. The number of hydrogen-bond acceptors (Lipinski definition) is 7. The van der Waals surface area contributed by atoms with Crippen LogP contribution in [-0.4, -0.2) is 51.1 Å². The maximum absolute atomic E-state index is 11.4. The van der Waals surface area contributed by atoms with Gasteiger partial charge in [0.2, 0.25) is 0 Å². The summed E-state index contributed by atoms with van der Waals surface area (Å²) in [4.78, 5) is 21.8. The van der Waals surface area contributed by atoms with Gasteiger partial charge in [-0.3, -0.25) is 9.78 Å². The third-order valence-electron chi connectivity index (χ3n) is 4.09. The predicted octanol–water partition coefficient (Wildman–Crippen LogP) is 1.10. The highest BCUT2D eigenvalue weighted by molar-refractivity contribution is 5.93. The Bertz CT molecular complexity index is 791. The molecule has 1 saturated heterocycles. The van der Waals surface area contributed by atoms with Crippen molar-refractivity contribution in [3.8, 4) is 6.07 Å². The number of nitriles is 1. The van der Waals surface area contributed by atoms with Gasteiger partial charge in [-0.05, 0) is 18.6 Å². The zero-order valence-corrected chi connectivity index (χ0v) is 13.3. The highest BCUT2D eigenvalue weighted by atomic mass is 16.1. The molecule has 122 valence electrons. The van der Waals surface area contributed by atoms with E-state index < -0.39 is 0 Å². The van der Waals surface area contributed by atoms with Crippen LogP contribution in [0.4, 0.5) is 5.69 Å². The summed E-state index contributed by atoms with van der Waals surface area (Å²) in [5.41, 5.74) is 2.00. The SMILES string of the molecule is CNc1cccnc1/C(=C(/C#N)C=O)N1CCC(n2cncn2)C1. The van der Waals surface area contributed by atoms with Gasteiger partial charge in [-0.1, -0.05) is 0 Å². The minimum absolute atomic E-state index is 0.0736. The first-order valence-corrected chi connectivity index (χ1v) is 7.60. The van der Waals surface area contributed by atoms with Gasteiger partial charge in [-0.25, -0.2) is 9.67 Å². The van der Waals surface area contributed by atoms with E-state index >= 15 is 0 Å². The Kier molecular flexibility index (Phi) is 4.52. The van der Waals surface area contributed by atoms with Crippen LogP contribution in [0.3, 0.4) is 0 Å². The molecule has 1 unspecified atom stereocenters. The van der Waals surface area contributed by atoms with E-state index in [1.165, 1.54) is 6.33 Å². The van der Waals surface area contributed by atoms with Crippen LogP contribution >= 0.6 is 0 Å². The van der Waals surface area contributed by atoms with Crippen molar-refractivity contribution in [2.24, 2.45) is 0 Å². The van der Waals surface area contributed by atoms with Gasteiger partial charge in [0.25, 0.3) is 0 Å². The van der Waals surface area contributed by atoms with Crippen molar-refractivity contribution in [1.29, 1.82) is 5.26 Å². The molecule has 0 aliphatic carbocycles. The summed E-state index contributed by atoms with van der Waals surface area (Å²) >= 11 is 0. The van der Waals surface area contributed by atoms with E-state index in [4.69, 9.17) is 0 Å². The number of pyridine rings is 1. The molecule has 3 heterocycles. The number of aromatic nitrogens is 4. The van der Waals surface area contributed by atoms with E-state index in [0.717, 1.165) is 12.1 Å². The lowest BCUT2D eigenvalue weighted by Gasteiger charge is -2.23. The van der Waals surface area contributed by atoms with Gasteiger partial charge in [-0.2, -0.15) is 10.4 Å². The number of anilines is 1. The number of hydrogen-bond donors (Lipinski definition) is 1. The third-order valence-corrected chi connectivity index (χ3v) is 4.09. The highest BCUT2D eigenvalue weighted by Crippen LogP contribution is 2.32. The van der Waals surface area contributed by atoms with Crippen molar-refractivity contribution in [2.45, 2.75) is 12.5 Å². The van der Waals surface area contributed by atoms with E-state index in [1.807, 2.05) is 27.8 Å². The highest BCUT2D eigenvalue weighted by Gasteiger charge is 2.30. The monoisotopic (exact) mass is 323 g/mol. The van der Waals surface area contributed by atoms with Crippen LogP contribution in [0.15, 0.2) is 36.6 Å². The maximum Gasteiger partial charge on any atom is 0.162 e. The zero-order chi connectivity index (χ0) is 16.9. The van der Waals surface area contributed by atoms with Crippen molar-refractivity contribution >= 4 is 17.7 Å². The molecule has 1 aliphatic rings. The van der Waals surface area contributed by atoms with Gasteiger partial charge < -0.3 is 10.2 Å². The van der Waals surface area contributed by atoms with Gasteiger partial charge in [0, 0.05) is 26.3 Å². The molecule has 0 radical (unpaired) electrons. The Labute approximate surface area is 139 Å². The zero-order valence-electron chi connectivity index (χ0n) is 13.3. The topological polar surface area (TPSA) is 99.7 Å². The first-order chi connectivity index (χ1) is 11.8. The van der Waals surface area contributed by atoms with Crippen LogP contribution in [0.25, 0.3) is 5.70 Å². The van der Waals surface area contributed by atoms with Gasteiger partial charge >= 0.3 is 0 Å². The molecule has 8 heteroatoms. The standard InChI is InChI=1S/C16H17N7O/c1-18-14-3-2-5-20-15(14)16(12(7-17)9-24)22-6-4-13(8-22)23-11-19-10-21-23/h2-3,5,9-11,13,18H,4,6,8H2,1H3/b16-12+. The molecule has 0 saturated carbocycles. The van der Waals surface area contributed by atoms with Crippen LogP contribution in [-0.2, 0) is 4.79 Å². The Hall–Kier alpha value is -3.21. The summed E-state index contributed by atoms with van der Waals surface area (Å²) in [5.74, 6) is 0. The number of nitrogens with one attached hydrogen (secondary N) is 1. The summed E-state index contributed by atoms with van der Waals surface area (Å²) in [6.45, 7) is 1.34. The molecule has 2 aromatic rings. The van der Waals surface area contributed by atoms with E-state index in [1.54, 1.807) is 19.6 Å². The molecule has 0 bridgehead atoms. The van der Waals surface area contributed by atoms with Crippen LogP contribution in [0.1, 0.15) is 18.2 Å². The molecular weight excluding hydrogens is 306 g/mol. The molecule has 0 amide bonds. The lowest BCUT2D eigenvalue weighted by molar-refractivity contribution is -0.104. The largest absolute Gasteiger partial charge is 0.386 e. The van der Waals surface area contributed by atoms with Crippen molar-refractivity contribution in [3.63, 3.8) is 0 Å². The molecule has 2 aromatic heterocycles. The molecule has 1 aliphatic heterocycles. The quantitative estimate of drug-likeness (QED) is 0.499. The summed E-state index contributed by atoms with van der Waals surface area (Å²) in [5, 5.41) is 16.6. The summed E-state index contributed by atoms with van der Waals surface area (Å²) < 4.78 is 1.81. The number of aldehydes is 1. The Morgan fingerprint density at radius 1 is 1.54 bits per heavy atom. The Morgan fingerprint density at radius 3 is 3.08 bits per heavy atom. The molecule has 8 nitrogen and oxygen atoms in total. The maximum atomic E-state index is 11.4. The second-order valence-corrected chi connectivity index (χ2v) is 5.41. The fourth-order valence-corrected chi connectivity index (χ4v) is 2.95. The molecule has 24 heavy (non-hydrogen) atoms. The van der Waals surface area contributed by atoms with Gasteiger partial charge in [0.05, 0.1) is 17.4 Å². The van der Waals surface area contributed by atoms with Crippen molar-refractivity contribution in [2.75, 3.05) is 25.5 Å². The fraction of sp³-hybridized carbons (Fsp3) is 0.312. The first-order valence-electron chi connectivity index (χ1n) is 7.60. The predicted molar refractivity (Wildman–Crippen MR) is 87.6 cm³/mol. The van der Waals surface area contributed by atoms with Crippen LogP contribution in [0.5, 0.6) is 0 Å². The molecule has 1 atom stereocenters. The van der Waals surface area contributed by atoms with Crippen LogP contribution in [0, 0.1) is 11.3 Å². The number of rotatable bonds is 5. The normalized spacial score (nSPS) is 18.0. The fourth-order valence-electron chi connectivity index (χ4n) is 2.95. The smallest absolute Gasteiger partial charge is 0.162 e. The molecule has 3 rings (SSSR count). The lowest BCUT2D eigenvalue weighted by atomic mass is 10.1.